The van der Waals surface area contributed by atoms with Crippen LogP contribution in [0.3, 0.4) is 0 Å². The number of carbonyl (C=O) groups is 1. The van der Waals surface area contributed by atoms with Crippen LogP contribution < -0.4 is 0 Å². The lowest BCUT2D eigenvalue weighted by Gasteiger charge is -2.05. The van der Waals surface area contributed by atoms with Crippen molar-refractivity contribution in [2.24, 2.45) is 0 Å². The first-order valence-electron chi connectivity index (χ1n) is 4.93. The summed E-state index contributed by atoms with van der Waals surface area (Å²) in [5.74, 6) is 0.503. The monoisotopic (exact) mass is 272 g/mol. The van der Waals surface area contributed by atoms with E-state index in [-0.39, 0.29) is 18.4 Å². The molecule has 0 N–H and O–H groups in total. The van der Waals surface area contributed by atoms with Crippen molar-refractivity contribution in [2.75, 3.05) is 7.11 Å². The number of methoxy groups -OCH3 is 1. The molecule has 1 aromatic heterocycles. The highest BCUT2D eigenvalue weighted by molar-refractivity contribution is 6.31. The molecule has 17 heavy (non-hydrogen) atoms. The van der Waals surface area contributed by atoms with E-state index in [0.29, 0.717) is 10.8 Å². The van der Waals surface area contributed by atoms with Crippen molar-refractivity contribution in [3.63, 3.8) is 0 Å². The molecule has 1 heterocycles. The van der Waals surface area contributed by atoms with E-state index in [2.05, 4.69) is 9.72 Å². The van der Waals surface area contributed by atoms with Gasteiger partial charge in [-0.1, -0.05) is 11.6 Å². The Labute approximate surface area is 108 Å². The molecule has 0 atom stereocenters. The molecule has 6 heteroatoms. The molecule has 2 rings (SSSR count). The van der Waals surface area contributed by atoms with E-state index in [0.717, 1.165) is 11.0 Å². The normalized spacial score (nSPS) is 10.8. The predicted molar refractivity (Wildman–Crippen MR) is 66.3 cm³/mol. The number of esters is 1. The van der Waals surface area contributed by atoms with E-state index in [9.17, 15) is 4.79 Å². The Bertz CT molecular complexity index is 566. The van der Waals surface area contributed by atoms with Gasteiger partial charge in [-0.2, -0.15) is 0 Å². The number of fused-ring (bicyclic) bond motifs is 1. The molecular weight excluding hydrogens is 263 g/mol. The lowest BCUT2D eigenvalue weighted by molar-refractivity contribution is -0.141. The topological polar surface area (TPSA) is 44.1 Å². The number of benzene rings is 1. The van der Waals surface area contributed by atoms with Crippen molar-refractivity contribution in [1.29, 1.82) is 0 Å². The largest absolute Gasteiger partial charge is 0.468 e. The fourth-order valence-electron chi connectivity index (χ4n) is 1.62. The van der Waals surface area contributed by atoms with Crippen molar-refractivity contribution in [3.05, 3.63) is 29.0 Å². The van der Waals surface area contributed by atoms with E-state index in [4.69, 9.17) is 23.2 Å². The smallest absolute Gasteiger partial charge is 0.325 e. The first-order valence-corrected chi connectivity index (χ1v) is 5.84. The van der Waals surface area contributed by atoms with Crippen LogP contribution in [-0.4, -0.2) is 22.6 Å². The Balaban J connectivity index is 2.54. The highest BCUT2D eigenvalue weighted by Crippen LogP contribution is 2.21. The first-order chi connectivity index (χ1) is 8.15. The fourth-order valence-corrected chi connectivity index (χ4v) is 2.00. The molecule has 0 spiro atoms. The van der Waals surface area contributed by atoms with E-state index in [1.54, 1.807) is 16.7 Å². The zero-order chi connectivity index (χ0) is 12.4. The van der Waals surface area contributed by atoms with Crippen LogP contribution in [0.4, 0.5) is 0 Å². The molecule has 0 saturated heterocycles. The van der Waals surface area contributed by atoms with Gasteiger partial charge in [0.25, 0.3) is 0 Å². The number of rotatable bonds is 3. The van der Waals surface area contributed by atoms with Gasteiger partial charge in [-0.05, 0) is 18.2 Å². The second-order valence-electron chi connectivity index (χ2n) is 3.46. The molecule has 0 saturated carbocycles. The number of halogens is 2. The quantitative estimate of drug-likeness (QED) is 0.637. The van der Waals surface area contributed by atoms with Crippen LogP contribution in [0.5, 0.6) is 0 Å². The van der Waals surface area contributed by atoms with Gasteiger partial charge < -0.3 is 9.30 Å². The third-order valence-corrected chi connectivity index (χ3v) is 2.90. The zero-order valence-electron chi connectivity index (χ0n) is 9.11. The third kappa shape index (κ3) is 2.37. The SMILES string of the molecule is COC(=O)Cn1c(CCl)nc2cc(Cl)ccc21. The van der Waals surface area contributed by atoms with Gasteiger partial charge in [0.15, 0.2) is 0 Å². The molecule has 2 aromatic rings. The van der Waals surface area contributed by atoms with Crippen LogP contribution in [0.1, 0.15) is 5.82 Å². The average Bonchev–Trinajstić information content (AvgIpc) is 2.66. The molecule has 0 fully saturated rings. The molecule has 0 aliphatic rings. The zero-order valence-corrected chi connectivity index (χ0v) is 10.6. The van der Waals surface area contributed by atoms with Gasteiger partial charge in [0, 0.05) is 5.02 Å². The minimum Gasteiger partial charge on any atom is -0.468 e. The van der Waals surface area contributed by atoms with Crippen molar-refractivity contribution < 1.29 is 9.53 Å². The molecule has 0 aliphatic heterocycles. The molecule has 0 amide bonds. The van der Waals surface area contributed by atoms with Gasteiger partial charge in [-0.3, -0.25) is 4.79 Å². The van der Waals surface area contributed by atoms with Gasteiger partial charge in [0.1, 0.15) is 12.4 Å². The molecule has 4 nitrogen and oxygen atoms in total. The Kier molecular flexibility index (Phi) is 3.54. The number of imidazole rings is 1. The van der Waals surface area contributed by atoms with Crippen molar-refractivity contribution >= 4 is 40.2 Å². The number of alkyl halides is 1. The van der Waals surface area contributed by atoms with E-state index in [1.165, 1.54) is 7.11 Å². The summed E-state index contributed by atoms with van der Waals surface area (Å²) in [4.78, 5) is 15.6. The summed E-state index contributed by atoms with van der Waals surface area (Å²) in [6, 6.07) is 5.29. The van der Waals surface area contributed by atoms with Crippen LogP contribution in [0, 0.1) is 0 Å². The Morgan fingerprint density at radius 1 is 1.53 bits per heavy atom. The maximum absolute atomic E-state index is 11.3. The second kappa shape index (κ2) is 4.94. The van der Waals surface area contributed by atoms with Gasteiger partial charge in [0.05, 0.1) is 24.0 Å². The van der Waals surface area contributed by atoms with Crippen LogP contribution in [-0.2, 0) is 22.0 Å². The summed E-state index contributed by atoms with van der Waals surface area (Å²) in [5, 5.41) is 0.598. The number of hydrogen-bond acceptors (Lipinski definition) is 3. The van der Waals surface area contributed by atoms with Crippen LogP contribution >= 0.6 is 23.2 Å². The molecule has 0 radical (unpaired) electrons. The summed E-state index contributed by atoms with van der Waals surface area (Å²) in [6.07, 6.45) is 0. The standard InChI is InChI=1S/C11H10Cl2N2O2/c1-17-11(16)6-15-9-3-2-7(13)4-8(9)14-10(15)5-12/h2-4H,5-6H2,1H3. The average molecular weight is 273 g/mol. The second-order valence-corrected chi connectivity index (χ2v) is 4.16. The molecular formula is C11H10Cl2N2O2. The Hall–Kier alpha value is -1.26. The summed E-state index contributed by atoms with van der Waals surface area (Å²) >= 11 is 11.7. The maximum atomic E-state index is 11.3. The lowest BCUT2D eigenvalue weighted by Crippen LogP contribution is -2.13. The third-order valence-electron chi connectivity index (χ3n) is 2.42. The Morgan fingerprint density at radius 2 is 2.29 bits per heavy atom. The van der Waals surface area contributed by atoms with E-state index in [1.807, 2.05) is 6.07 Å². The van der Waals surface area contributed by atoms with E-state index >= 15 is 0 Å². The summed E-state index contributed by atoms with van der Waals surface area (Å²) in [7, 11) is 1.35. The summed E-state index contributed by atoms with van der Waals surface area (Å²) in [6.45, 7) is 0.0939. The van der Waals surface area contributed by atoms with Gasteiger partial charge >= 0.3 is 5.97 Å². The van der Waals surface area contributed by atoms with Crippen LogP contribution in [0.15, 0.2) is 18.2 Å². The highest BCUT2D eigenvalue weighted by Gasteiger charge is 2.13. The molecule has 0 bridgehead atoms. The van der Waals surface area contributed by atoms with Crippen LogP contribution in [0.25, 0.3) is 11.0 Å². The summed E-state index contributed by atoms with van der Waals surface area (Å²) in [5.41, 5.74) is 1.53. The van der Waals surface area contributed by atoms with E-state index < -0.39 is 0 Å². The number of nitrogens with zero attached hydrogens (tertiary/aromatic N) is 2. The number of ether oxygens (including phenoxy) is 1. The van der Waals surface area contributed by atoms with Crippen molar-refractivity contribution in [2.45, 2.75) is 12.4 Å². The van der Waals surface area contributed by atoms with Crippen LogP contribution in [0.2, 0.25) is 5.02 Å². The number of carbonyl (C=O) groups excluding carboxylic acids is 1. The predicted octanol–water partition coefficient (Wildman–Crippen LogP) is 2.60. The minimum atomic E-state index is -0.342. The molecule has 90 valence electrons. The first kappa shape index (κ1) is 12.2. The maximum Gasteiger partial charge on any atom is 0.325 e. The van der Waals surface area contributed by atoms with Crippen molar-refractivity contribution in [1.82, 2.24) is 9.55 Å². The van der Waals surface area contributed by atoms with Gasteiger partial charge in [-0.15, -0.1) is 11.6 Å². The molecule has 1 aromatic carbocycles. The number of hydrogen-bond donors (Lipinski definition) is 0. The molecule has 0 unspecified atom stereocenters. The lowest BCUT2D eigenvalue weighted by atomic mass is 10.3. The van der Waals surface area contributed by atoms with Gasteiger partial charge in [0.2, 0.25) is 0 Å². The van der Waals surface area contributed by atoms with Crippen molar-refractivity contribution in [3.8, 4) is 0 Å². The highest BCUT2D eigenvalue weighted by atomic mass is 35.5. The summed E-state index contributed by atoms with van der Waals surface area (Å²) < 4.78 is 6.37. The molecule has 0 aliphatic carbocycles. The fraction of sp³-hybridized carbons (Fsp3) is 0.273. The number of aromatic nitrogens is 2. The Morgan fingerprint density at radius 3 is 2.94 bits per heavy atom. The van der Waals surface area contributed by atoms with Gasteiger partial charge in [-0.25, -0.2) is 4.98 Å². The minimum absolute atomic E-state index is 0.0939.